The highest BCUT2D eigenvalue weighted by Crippen LogP contribution is 2.33. The molecule has 9 heteroatoms. The standard InChI is InChI=1S/C13H16BrN3O4S/c1-7(12(18)20-3)21-11-5-9(14)8(4-10(11)19-2)6-16-17-13(15)22/h4-7H,1-3H3,(H3,15,17,22). The van der Waals surface area contributed by atoms with Gasteiger partial charge in [0.25, 0.3) is 0 Å². The molecule has 0 saturated carbocycles. The highest BCUT2D eigenvalue weighted by atomic mass is 79.9. The van der Waals surface area contributed by atoms with Gasteiger partial charge in [-0.25, -0.2) is 4.79 Å². The van der Waals surface area contributed by atoms with E-state index < -0.39 is 12.1 Å². The number of halogens is 1. The third-order valence-corrected chi connectivity index (χ3v) is 3.28. The average molecular weight is 390 g/mol. The molecule has 0 aliphatic carbocycles. The first-order chi connectivity index (χ1) is 10.4. The number of hydrogen-bond donors (Lipinski definition) is 2. The van der Waals surface area contributed by atoms with E-state index in [-0.39, 0.29) is 5.11 Å². The summed E-state index contributed by atoms with van der Waals surface area (Å²) in [5.74, 6) is 0.354. The summed E-state index contributed by atoms with van der Waals surface area (Å²) in [6, 6.07) is 3.36. The summed E-state index contributed by atoms with van der Waals surface area (Å²) >= 11 is 8.04. The molecular weight excluding hydrogens is 374 g/mol. The van der Waals surface area contributed by atoms with Crippen LogP contribution >= 0.6 is 28.1 Å². The van der Waals surface area contributed by atoms with Crippen molar-refractivity contribution in [2.75, 3.05) is 14.2 Å². The van der Waals surface area contributed by atoms with Gasteiger partial charge in [-0.05, 0) is 47.2 Å². The Labute approximate surface area is 141 Å². The molecule has 0 amide bonds. The van der Waals surface area contributed by atoms with Crippen molar-refractivity contribution in [3.8, 4) is 11.5 Å². The number of carbonyl (C=O) groups is 1. The van der Waals surface area contributed by atoms with Crippen molar-refractivity contribution in [3.63, 3.8) is 0 Å². The Morgan fingerprint density at radius 3 is 2.68 bits per heavy atom. The zero-order valence-corrected chi connectivity index (χ0v) is 14.7. The van der Waals surface area contributed by atoms with E-state index in [0.717, 1.165) is 0 Å². The number of hydrazone groups is 1. The van der Waals surface area contributed by atoms with Crippen LogP contribution in [0.25, 0.3) is 0 Å². The van der Waals surface area contributed by atoms with Crippen molar-refractivity contribution in [2.45, 2.75) is 13.0 Å². The van der Waals surface area contributed by atoms with Crippen molar-refractivity contribution in [3.05, 3.63) is 22.2 Å². The molecule has 0 fully saturated rings. The van der Waals surface area contributed by atoms with Crippen LogP contribution in [0.3, 0.4) is 0 Å². The van der Waals surface area contributed by atoms with E-state index in [4.69, 9.17) is 15.2 Å². The monoisotopic (exact) mass is 389 g/mol. The van der Waals surface area contributed by atoms with Crippen LogP contribution in [0, 0.1) is 0 Å². The normalized spacial score (nSPS) is 11.8. The second-order valence-electron chi connectivity index (χ2n) is 4.04. The molecule has 0 radical (unpaired) electrons. The first-order valence-electron chi connectivity index (χ1n) is 6.09. The van der Waals surface area contributed by atoms with Crippen molar-refractivity contribution in [1.82, 2.24) is 5.43 Å². The molecule has 0 spiro atoms. The van der Waals surface area contributed by atoms with Crippen LogP contribution in [0.1, 0.15) is 12.5 Å². The fourth-order valence-corrected chi connectivity index (χ4v) is 1.95. The van der Waals surface area contributed by atoms with E-state index in [1.54, 1.807) is 19.1 Å². The molecule has 7 nitrogen and oxygen atoms in total. The maximum absolute atomic E-state index is 11.4. The smallest absolute Gasteiger partial charge is 0.346 e. The van der Waals surface area contributed by atoms with Gasteiger partial charge in [0.15, 0.2) is 22.7 Å². The lowest BCUT2D eigenvalue weighted by molar-refractivity contribution is -0.147. The molecular formula is C13H16BrN3O4S. The lowest BCUT2D eigenvalue weighted by Crippen LogP contribution is -2.25. The summed E-state index contributed by atoms with van der Waals surface area (Å²) in [5, 5.41) is 3.93. The molecule has 0 aliphatic rings. The summed E-state index contributed by atoms with van der Waals surface area (Å²) in [5.41, 5.74) is 8.44. The largest absolute Gasteiger partial charge is 0.493 e. The number of methoxy groups -OCH3 is 2. The zero-order chi connectivity index (χ0) is 16.7. The number of rotatable bonds is 6. The van der Waals surface area contributed by atoms with Crippen LogP contribution in [-0.2, 0) is 9.53 Å². The number of nitrogens with two attached hydrogens (primary N) is 1. The number of ether oxygens (including phenoxy) is 3. The van der Waals surface area contributed by atoms with Crippen LogP contribution in [0.15, 0.2) is 21.7 Å². The second-order valence-corrected chi connectivity index (χ2v) is 5.34. The number of benzene rings is 1. The van der Waals surface area contributed by atoms with Gasteiger partial charge in [-0.2, -0.15) is 5.10 Å². The van der Waals surface area contributed by atoms with Gasteiger partial charge in [0, 0.05) is 10.0 Å². The Kier molecular flexibility index (Phi) is 7.06. The van der Waals surface area contributed by atoms with Gasteiger partial charge >= 0.3 is 5.97 Å². The Morgan fingerprint density at radius 2 is 2.14 bits per heavy atom. The Balaban J connectivity index is 3.02. The molecule has 1 rings (SSSR count). The van der Waals surface area contributed by atoms with Gasteiger partial charge in [-0.1, -0.05) is 0 Å². The third-order valence-electron chi connectivity index (χ3n) is 2.50. The van der Waals surface area contributed by atoms with E-state index in [9.17, 15) is 4.79 Å². The van der Waals surface area contributed by atoms with E-state index in [1.807, 2.05) is 0 Å². The number of carbonyl (C=O) groups excluding carboxylic acids is 1. The zero-order valence-electron chi connectivity index (χ0n) is 12.3. The molecule has 22 heavy (non-hydrogen) atoms. The van der Waals surface area contributed by atoms with Gasteiger partial charge < -0.3 is 19.9 Å². The van der Waals surface area contributed by atoms with E-state index in [0.29, 0.717) is 21.5 Å². The summed E-state index contributed by atoms with van der Waals surface area (Å²) in [7, 11) is 2.79. The van der Waals surface area contributed by atoms with E-state index in [2.05, 4.69) is 43.4 Å². The van der Waals surface area contributed by atoms with Gasteiger partial charge in [-0.15, -0.1) is 0 Å². The Morgan fingerprint density at radius 1 is 1.45 bits per heavy atom. The molecule has 0 aliphatic heterocycles. The molecule has 120 valence electrons. The summed E-state index contributed by atoms with van der Waals surface area (Å²) < 4.78 is 16.1. The van der Waals surface area contributed by atoms with Gasteiger partial charge in [0.2, 0.25) is 0 Å². The topological polar surface area (TPSA) is 95.2 Å². The van der Waals surface area contributed by atoms with Crippen LogP contribution < -0.4 is 20.6 Å². The number of nitrogens with zero attached hydrogens (tertiary/aromatic N) is 1. The maximum Gasteiger partial charge on any atom is 0.346 e. The number of nitrogens with one attached hydrogen (secondary N) is 1. The van der Waals surface area contributed by atoms with E-state index >= 15 is 0 Å². The van der Waals surface area contributed by atoms with Crippen LogP contribution in [0.2, 0.25) is 0 Å². The Bertz CT molecular complexity index is 595. The average Bonchev–Trinajstić information content (AvgIpc) is 2.48. The highest BCUT2D eigenvalue weighted by Gasteiger charge is 2.18. The molecule has 0 aromatic heterocycles. The molecule has 1 aromatic carbocycles. The van der Waals surface area contributed by atoms with Crippen molar-refractivity contribution in [2.24, 2.45) is 10.8 Å². The second kappa shape index (κ2) is 8.54. The SMILES string of the molecule is COC(=O)C(C)Oc1cc(Br)c(C=NNC(N)=S)cc1OC. The molecule has 3 N–H and O–H groups in total. The summed E-state index contributed by atoms with van der Waals surface area (Å²) in [4.78, 5) is 11.4. The first-order valence-corrected chi connectivity index (χ1v) is 7.29. The number of esters is 1. The predicted octanol–water partition coefficient (Wildman–Crippen LogP) is 1.57. The summed E-state index contributed by atoms with van der Waals surface area (Å²) in [6.07, 6.45) is 0.751. The molecule has 1 unspecified atom stereocenters. The lowest BCUT2D eigenvalue weighted by atomic mass is 10.2. The molecule has 0 heterocycles. The fourth-order valence-electron chi connectivity index (χ4n) is 1.47. The van der Waals surface area contributed by atoms with Gasteiger partial charge in [0.1, 0.15) is 0 Å². The van der Waals surface area contributed by atoms with Crippen molar-refractivity contribution < 1.29 is 19.0 Å². The van der Waals surface area contributed by atoms with Gasteiger partial charge in [0.05, 0.1) is 20.4 Å². The quantitative estimate of drug-likeness (QED) is 0.330. The minimum atomic E-state index is -0.762. The van der Waals surface area contributed by atoms with Crippen LogP contribution in [0.4, 0.5) is 0 Å². The number of thiocarbonyl (C=S) groups is 1. The fraction of sp³-hybridized carbons (Fsp3) is 0.308. The predicted molar refractivity (Wildman–Crippen MR) is 90.3 cm³/mol. The van der Waals surface area contributed by atoms with E-state index in [1.165, 1.54) is 20.4 Å². The summed E-state index contributed by atoms with van der Waals surface area (Å²) in [6.45, 7) is 1.58. The highest BCUT2D eigenvalue weighted by molar-refractivity contribution is 9.10. The molecule has 0 bridgehead atoms. The molecule has 1 aromatic rings. The molecule has 1 atom stereocenters. The number of hydrogen-bond acceptors (Lipinski definition) is 6. The van der Waals surface area contributed by atoms with Crippen molar-refractivity contribution >= 4 is 45.4 Å². The van der Waals surface area contributed by atoms with Gasteiger partial charge in [-0.3, -0.25) is 5.43 Å². The lowest BCUT2D eigenvalue weighted by Gasteiger charge is -2.16. The maximum atomic E-state index is 11.4. The first kappa shape index (κ1) is 18.2. The minimum Gasteiger partial charge on any atom is -0.493 e. The minimum absolute atomic E-state index is 0.0613. The molecule has 0 saturated heterocycles. The van der Waals surface area contributed by atoms with Crippen molar-refractivity contribution in [1.29, 1.82) is 0 Å². The Hall–Kier alpha value is -1.87. The van der Waals surface area contributed by atoms with Crippen LogP contribution in [-0.4, -0.2) is 37.6 Å². The van der Waals surface area contributed by atoms with Crippen LogP contribution in [0.5, 0.6) is 11.5 Å². The third kappa shape index (κ3) is 5.15.